The van der Waals surface area contributed by atoms with Crippen LogP contribution >= 0.6 is 0 Å². The Bertz CT molecular complexity index is 875. The van der Waals surface area contributed by atoms with Crippen LogP contribution in [0.1, 0.15) is 39.0 Å². The van der Waals surface area contributed by atoms with E-state index >= 15 is 0 Å². The summed E-state index contributed by atoms with van der Waals surface area (Å²) < 4.78 is 65.3. The van der Waals surface area contributed by atoms with E-state index in [0.717, 1.165) is 0 Å². The normalized spacial score (nSPS) is 27.6. The number of aliphatic hydroxyl groups is 1. The molecule has 1 saturated heterocycles. The van der Waals surface area contributed by atoms with Gasteiger partial charge < -0.3 is 14.7 Å². The summed E-state index contributed by atoms with van der Waals surface area (Å²) in [5.41, 5.74) is -1.36. The lowest BCUT2D eigenvalue weighted by molar-refractivity contribution is -0.153. The first kappa shape index (κ1) is 22.9. The molecular formula is C20H26F3NO5S. The van der Waals surface area contributed by atoms with E-state index in [9.17, 15) is 31.5 Å². The average molecular weight is 449 g/mol. The molecule has 0 atom stereocenters. The number of nitrogens with zero attached hydrogens (tertiary/aromatic N) is 1. The van der Waals surface area contributed by atoms with Crippen LogP contribution in [0.15, 0.2) is 24.3 Å². The van der Waals surface area contributed by atoms with Crippen LogP contribution < -0.4 is 9.64 Å². The molecule has 6 nitrogen and oxygen atoms in total. The zero-order valence-corrected chi connectivity index (χ0v) is 17.6. The summed E-state index contributed by atoms with van der Waals surface area (Å²) in [6.07, 6.45) is -2.52. The van der Waals surface area contributed by atoms with Gasteiger partial charge in [-0.15, -0.1) is 0 Å². The number of carbonyl (C=O) groups excluding carboxylic acids is 1. The lowest BCUT2D eigenvalue weighted by Gasteiger charge is -2.40. The number of amides is 1. The SMILES string of the molecule is CCS(=O)(=O)C[C@]1(O)CC[C@]2(CCN(c3ccc(OCC(F)(F)F)cc3)C2=O)CC1. The maximum Gasteiger partial charge on any atom is 0.422 e. The molecule has 0 aromatic heterocycles. The van der Waals surface area contributed by atoms with Crippen LogP contribution in [-0.2, 0) is 14.6 Å². The third-order valence-electron chi connectivity index (χ3n) is 6.13. The predicted molar refractivity (Wildman–Crippen MR) is 105 cm³/mol. The summed E-state index contributed by atoms with van der Waals surface area (Å²) in [5, 5.41) is 10.7. The van der Waals surface area contributed by atoms with Crippen LogP contribution in [-0.4, -0.2) is 55.9 Å². The Morgan fingerprint density at radius 2 is 1.70 bits per heavy atom. The lowest BCUT2D eigenvalue weighted by Crippen LogP contribution is -2.47. The van der Waals surface area contributed by atoms with Gasteiger partial charge >= 0.3 is 6.18 Å². The molecule has 1 aromatic carbocycles. The van der Waals surface area contributed by atoms with Crippen molar-refractivity contribution in [2.45, 2.75) is 50.8 Å². The van der Waals surface area contributed by atoms with Gasteiger partial charge in [0.25, 0.3) is 0 Å². The van der Waals surface area contributed by atoms with Gasteiger partial charge in [-0.3, -0.25) is 4.79 Å². The lowest BCUT2D eigenvalue weighted by atomic mass is 9.68. The highest BCUT2D eigenvalue weighted by atomic mass is 32.2. The Hall–Kier alpha value is -1.81. The highest BCUT2D eigenvalue weighted by molar-refractivity contribution is 7.91. The van der Waals surface area contributed by atoms with Crippen molar-refractivity contribution in [2.24, 2.45) is 5.41 Å². The second kappa shape index (κ2) is 8.03. The molecule has 1 N–H and O–H groups in total. The summed E-state index contributed by atoms with van der Waals surface area (Å²) >= 11 is 0. The fourth-order valence-corrected chi connectivity index (χ4v) is 5.58. The summed E-state index contributed by atoms with van der Waals surface area (Å²) in [7, 11) is -3.33. The number of carbonyl (C=O) groups is 1. The molecule has 30 heavy (non-hydrogen) atoms. The highest BCUT2D eigenvalue weighted by Crippen LogP contribution is 2.49. The molecular weight excluding hydrogens is 423 g/mol. The van der Waals surface area contributed by atoms with Crippen molar-refractivity contribution in [3.05, 3.63) is 24.3 Å². The van der Waals surface area contributed by atoms with Crippen LogP contribution in [0.3, 0.4) is 0 Å². The van der Waals surface area contributed by atoms with Gasteiger partial charge in [-0.1, -0.05) is 6.92 Å². The van der Waals surface area contributed by atoms with Crippen molar-refractivity contribution in [1.82, 2.24) is 0 Å². The summed E-state index contributed by atoms with van der Waals surface area (Å²) in [5.74, 6) is -0.344. The van der Waals surface area contributed by atoms with E-state index in [0.29, 0.717) is 31.5 Å². The van der Waals surface area contributed by atoms with Gasteiger partial charge in [0.05, 0.1) is 16.8 Å². The van der Waals surface area contributed by atoms with Crippen LogP contribution in [0.4, 0.5) is 18.9 Å². The predicted octanol–water partition coefficient (Wildman–Crippen LogP) is 3.09. The van der Waals surface area contributed by atoms with Crippen LogP contribution in [0, 0.1) is 5.41 Å². The van der Waals surface area contributed by atoms with Gasteiger partial charge in [-0.25, -0.2) is 8.42 Å². The molecule has 10 heteroatoms. The Balaban J connectivity index is 1.64. The van der Waals surface area contributed by atoms with Crippen LogP contribution in [0.5, 0.6) is 5.75 Å². The van der Waals surface area contributed by atoms with Crippen molar-refractivity contribution in [3.63, 3.8) is 0 Å². The quantitative estimate of drug-likeness (QED) is 0.722. The van der Waals surface area contributed by atoms with Gasteiger partial charge in [0.1, 0.15) is 5.75 Å². The van der Waals surface area contributed by atoms with Gasteiger partial charge in [0.15, 0.2) is 16.4 Å². The fourth-order valence-electron chi connectivity index (χ4n) is 4.27. The third kappa shape index (κ3) is 5.08. The minimum atomic E-state index is -4.42. The second-order valence-electron chi connectivity index (χ2n) is 8.29. The zero-order valence-electron chi connectivity index (χ0n) is 16.7. The number of hydrogen-bond donors (Lipinski definition) is 1. The minimum absolute atomic E-state index is 0.0319. The van der Waals surface area contributed by atoms with Gasteiger partial charge in [0, 0.05) is 18.0 Å². The molecule has 0 bridgehead atoms. The number of halogens is 3. The van der Waals surface area contributed by atoms with E-state index in [-0.39, 0.29) is 36.0 Å². The Labute approximate surface area is 173 Å². The first-order valence-corrected chi connectivity index (χ1v) is 11.7. The molecule has 2 fully saturated rings. The first-order valence-electron chi connectivity index (χ1n) is 9.91. The van der Waals surface area contributed by atoms with Crippen molar-refractivity contribution < 1.29 is 36.2 Å². The zero-order chi connectivity index (χ0) is 22.2. The number of benzene rings is 1. The van der Waals surface area contributed by atoms with E-state index < -0.39 is 33.6 Å². The molecule has 1 heterocycles. The summed E-state index contributed by atoms with van der Waals surface area (Å²) in [4.78, 5) is 14.7. The van der Waals surface area contributed by atoms with E-state index in [2.05, 4.69) is 0 Å². The molecule has 1 aromatic rings. The maximum absolute atomic E-state index is 13.1. The van der Waals surface area contributed by atoms with Crippen LogP contribution in [0.25, 0.3) is 0 Å². The Kier molecular flexibility index (Phi) is 6.12. The van der Waals surface area contributed by atoms with Crippen molar-refractivity contribution >= 4 is 21.4 Å². The van der Waals surface area contributed by atoms with Gasteiger partial charge in [-0.05, 0) is 56.4 Å². The molecule has 0 unspecified atom stereocenters. The van der Waals surface area contributed by atoms with Gasteiger partial charge in [0.2, 0.25) is 5.91 Å². The van der Waals surface area contributed by atoms with E-state index in [1.807, 2.05) is 0 Å². The molecule has 2 aliphatic rings. The standard InChI is InChI=1S/C20H26F3NO5S/c1-2-30(27,28)14-19(26)9-7-18(8-10-19)11-12-24(17(18)25)15-3-5-16(6-4-15)29-13-20(21,22)23/h3-6,26H,2,7-14H2,1H3/t18-,19+. The Morgan fingerprint density at radius 3 is 2.23 bits per heavy atom. The number of alkyl halides is 3. The number of sulfone groups is 1. The summed E-state index contributed by atoms with van der Waals surface area (Å²) in [6, 6.07) is 5.90. The van der Waals surface area contributed by atoms with E-state index in [4.69, 9.17) is 4.74 Å². The Morgan fingerprint density at radius 1 is 1.10 bits per heavy atom. The smallest absolute Gasteiger partial charge is 0.422 e. The molecule has 1 amide bonds. The molecule has 1 aliphatic carbocycles. The fraction of sp³-hybridized carbons (Fsp3) is 0.650. The van der Waals surface area contributed by atoms with Crippen molar-refractivity contribution in [1.29, 1.82) is 0 Å². The van der Waals surface area contributed by atoms with E-state index in [1.165, 1.54) is 12.1 Å². The second-order valence-corrected chi connectivity index (χ2v) is 10.6. The molecule has 1 saturated carbocycles. The summed E-state index contributed by atoms with van der Waals surface area (Å²) in [6.45, 7) is 0.628. The number of ether oxygens (including phenoxy) is 1. The molecule has 0 radical (unpaired) electrons. The highest BCUT2D eigenvalue weighted by Gasteiger charge is 2.52. The number of hydrogen-bond acceptors (Lipinski definition) is 5. The van der Waals surface area contributed by atoms with Crippen LogP contribution in [0.2, 0.25) is 0 Å². The van der Waals surface area contributed by atoms with Gasteiger partial charge in [-0.2, -0.15) is 13.2 Å². The maximum atomic E-state index is 13.1. The molecule has 3 rings (SSSR count). The molecule has 1 aliphatic heterocycles. The monoisotopic (exact) mass is 449 g/mol. The first-order chi connectivity index (χ1) is 13.9. The van der Waals surface area contributed by atoms with Crippen molar-refractivity contribution in [2.75, 3.05) is 29.6 Å². The van der Waals surface area contributed by atoms with E-state index in [1.54, 1.807) is 24.0 Å². The minimum Gasteiger partial charge on any atom is -0.484 e. The largest absolute Gasteiger partial charge is 0.484 e. The average Bonchev–Trinajstić information content (AvgIpc) is 2.99. The number of anilines is 1. The topological polar surface area (TPSA) is 83.9 Å². The molecule has 1 spiro atoms. The van der Waals surface area contributed by atoms with Crippen molar-refractivity contribution in [3.8, 4) is 5.75 Å². The third-order valence-corrected chi connectivity index (χ3v) is 7.99. The number of rotatable bonds is 6. The molecule has 168 valence electrons.